The largest absolute Gasteiger partial charge is 0.460 e. The van der Waals surface area contributed by atoms with E-state index in [0.717, 1.165) is 20.8 Å². The van der Waals surface area contributed by atoms with Gasteiger partial charge in [-0.25, -0.2) is 0 Å². The van der Waals surface area contributed by atoms with Crippen LogP contribution < -0.4 is 5.32 Å². The number of carbonyl (C=O) groups excluding carboxylic acids is 2. The van der Waals surface area contributed by atoms with Crippen molar-refractivity contribution in [1.29, 1.82) is 0 Å². The molecule has 0 radical (unpaired) electrons. The van der Waals surface area contributed by atoms with Crippen LogP contribution in [0.5, 0.6) is 0 Å². The first-order chi connectivity index (χ1) is 12.1. The van der Waals surface area contributed by atoms with Crippen LogP contribution in [-0.2, 0) is 16.1 Å². The Morgan fingerprint density at radius 1 is 0.920 bits per heavy atom. The summed E-state index contributed by atoms with van der Waals surface area (Å²) >= 11 is 3.35. The fraction of sp³-hybridized carbons (Fsp3) is 0.100. The Hall–Kier alpha value is -2.66. The summed E-state index contributed by atoms with van der Waals surface area (Å²) in [4.78, 5) is 24.0. The van der Waals surface area contributed by atoms with E-state index in [1.54, 1.807) is 12.1 Å². The molecule has 0 saturated heterocycles. The van der Waals surface area contributed by atoms with Crippen molar-refractivity contribution in [3.05, 3.63) is 82.3 Å². The molecule has 4 nitrogen and oxygen atoms in total. The maximum absolute atomic E-state index is 12.2. The van der Waals surface area contributed by atoms with E-state index in [1.165, 1.54) is 0 Å². The normalized spacial score (nSPS) is 10.4. The number of hydrogen-bond donors (Lipinski definition) is 1. The molecule has 0 unspecified atom stereocenters. The number of esters is 1. The molecule has 1 amide bonds. The van der Waals surface area contributed by atoms with Gasteiger partial charge < -0.3 is 10.1 Å². The first kappa shape index (κ1) is 17.2. The zero-order valence-corrected chi connectivity index (χ0v) is 15.0. The van der Waals surface area contributed by atoms with Gasteiger partial charge in [-0.1, -0.05) is 58.4 Å². The Morgan fingerprint density at radius 3 is 2.40 bits per heavy atom. The van der Waals surface area contributed by atoms with Gasteiger partial charge in [0.25, 0.3) is 5.91 Å². The quantitative estimate of drug-likeness (QED) is 0.660. The predicted octanol–water partition coefficient (Wildman–Crippen LogP) is 4.08. The highest BCUT2D eigenvalue weighted by Gasteiger charge is 2.09. The molecule has 5 heteroatoms. The monoisotopic (exact) mass is 397 g/mol. The molecule has 126 valence electrons. The third kappa shape index (κ3) is 4.67. The second-order valence-corrected chi connectivity index (χ2v) is 6.45. The van der Waals surface area contributed by atoms with E-state index in [2.05, 4.69) is 21.2 Å². The number of halogens is 1. The van der Waals surface area contributed by atoms with Gasteiger partial charge in [0.15, 0.2) is 0 Å². The summed E-state index contributed by atoms with van der Waals surface area (Å²) in [6, 6.07) is 20.7. The van der Waals surface area contributed by atoms with Gasteiger partial charge in [-0.05, 0) is 40.6 Å². The summed E-state index contributed by atoms with van der Waals surface area (Å²) in [5, 5.41) is 4.63. The van der Waals surface area contributed by atoms with Crippen LogP contribution in [0.2, 0.25) is 0 Å². The van der Waals surface area contributed by atoms with Gasteiger partial charge in [0, 0.05) is 10.0 Å². The van der Waals surface area contributed by atoms with Crippen LogP contribution in [0.3, 0.4) is 0 Å². The lowest BCUT2D eigenvalue weighted by Gasteiger charge is -2.07. The maximum atomic E-state index is 12.2. The van der Waals surface area contributed by atoms with Crippen molar-refractivity contribution < 1.29 is 14.3 Å². The Balaban J connectivity index is 1.52. The van der Waals surface area contributed by atoms with Crippen LogP contribution in [0.25, 0.3) is 10.8 Å². The van der Waals surface area contributed by atoms with Crippen LogP contribution in [0.15, 0.2) is 71.2 Å². The topological polar surface area (TPSA) is 55.4 Å². The van der Waals surface area contributed by atoms with E-state index < -0.39 is 5.97 Å². The van der Waals surface area contributed by atoms with Crippen molar-refractivity contribution in [1.82, 2.24) is 5.32 Å². The number of amides is 1. The van der Waals surface area contributed by atoms with Crippen molar-refractivity contribution >= 4 is 38.6 Å². The van der Waals surface area contributed by atoms with Gasteiger partial charge in [-0.2, -0.15) is 0 Å². The average Bonchev–Trinajstić information content (AvgIpc) is 2.65. The molecule has 0 aromatic heterocycles. The van der Waals surface area contributed by atoms with Crippen LogP contribution in [0.1, 0.15) is 15.9 Å². The van der Waals surface area contributed by atoms with Gasteiger partial charge in [0.1, 0.15) is 13.2 Å². The van der Waals surface area contributed by atoms with E-state index in [1.807, 2.05) is 54.6 Å². The SMILES string of the molecule is O=C(CNC(=O)c1ccc2ccccc2c1)OCc1ccc(Br)cc1. The molecule has 0 aliphatic carbocycles. The van der Waals surface area contributed by atoms with Crippen molar-refractivity contribution in [3.63, 3.8) is 0 Å². The highest BCUT2D eigenvalue weighted by molar-refractivity contribution is 9.10. The fourth-order valence-corrected chi connectivity index (χ4v) is 2.64. The highest BCUT2D eigenvalue weighted by atomic mass is 79.9. The van der Waals surface area contributed by atoms with Crippen molar-refractivity contribution in [3.8, 4) is 0 Å². The molecule has 3 aromatic carbocycles. The molecular weight excluding hydrogens is 382 g/mol. The van der Waals surface area contributed by atoms with E-state index in [9.17, 15) is 9.59 Å². The summed E-state index contributed by atoms with van der Waals surface area (Å²) in [5.74, 6) is -0.775. The number of hydrogen-bond acceptors (Lipinski definition) is 3. The van der Waals surface area contributed by atoms with E-state index >= 15 is 0 Å². The lowest BCUT2D eigenvalue weighted by Crippen LogP contribution is -2.30. The second-order valence-electron chi connectivity index (χ2n) is 5.53. The van der Waals surface area contributed by atoms with Gasteiger partial charge in [0.2, 0.25) is 0 Å². The Kier molecular flexibility index (Phi) is 5.46. The molecule has 0 bridgehead atoms. The summed E-state index contributed by atoms with van der Waals surface area (Å²) in [6.07, 6.45) is 0. The molecule has 0 spiro atoms. The second kappa shape index (κ2) is 7.94. The number of nitrogens with one attached hydrogen (secondary N) is 1. The minimum Gasteiger partial charge on any atom is -0.460 e. The van der Waals surface area contributed by atoms with E-state index in [4.69, 9.17) is 4.74 Å². The van der Waals surface area contributed by atoms with Gasteiger partial charge in [0.05, 0.1) is 0 Å². The minimum atomic E-state index is -0.475. The van der Waals surface area contributed by atoms with E-state index in [-0.39, 0.29) is 19.1 Å². The molecule has 3 aromatic rings. The summed E-state index contributed by atoms with van der Waals surface area (Å²) in [5.41, 5.74) is 1.40. The predicted molar refractivity (Wildman–Crippen MR) is 100 cm³/mol. The average molecular weight is 398 g/mol. The molecule has 0 heterocycles. The standard InChI is InChI=1S/C20H16BrNO3/c21-18-9-5-14(6-10-18)13-25-19(23)12-22-20(24)17-8-7-15-3-1-2-4-16(15)11-17/h1-11H,12-13H2,(H,22,24). The van der Waals surface area contributed by atoms with Crippen molar-refractivity contribution in [2.24, 2.45) is 0 Å². The Bertz CT molecular complexity index is 906. The molecular formula is C20H16BrNO3. The molecule has 0 saturated carbocycles. The molecule has 0 fully saturated rings. The molecule has 25 heavy (non-hydrogen) atoms. The molecule has 1 N–H and O–H groups in total. The first-order valence-electron chi connectivity index (χ1n) is 7.79. The lowest BCUT2D eigenvalue weighted by atomic mass is 10.1. The number of benzene rings is 3. The summed E-state index contributed by atoms with van der Waals surface area (Å²) in [6.45, 7) is 0.0140. The van der Waals surface area contributed by atoms with Gasteiger partial charge >= 0.3 is 5.97 Å². The zero-order chi connectivity index (χ0) is 17.6. The first-order valence-corrected chi connectivity index (χ1v) is 8.58. The number of ether oxygens (including phenoxy) is 1. The minimum absolute atomic E-state index is 0.164. The summed E-state index contributed by atoms with van der Waals surface area (Å²) < 4.78 is 6.12. The molecule has 0 aliphatic rings. The van der Waals surface area contributed by atoms with Crippen molar-refractivity contribution in [2.45, 2.75) is 6.61 Å². The van der Waals surface area contributed by atoms with Crippen LogP contribution >= 0.6 is 15.9 Å². The van der Waals surface area contributed by atoms with Crippen LogP contribution in [-0.4, -0.2) is 18.4 Å². The van der Waals surface area contributed by atoms with Gasteiger partial charge in [-0.3, -0.25) is 9.59 Å². The molecule has 3 rings (SSSR count). The van der Waals surface area contributed by atoms with E-state index in [0.29, 0.717) is 5.56 Å². The zero-order valence-electron chi connectivity index (χ0n) is 13.4. The smallest absolute Gasteiger partial charge is 0.325 e. The number of rotatable bonds is 5. The third-order valence-electron chi connectivity index (χ3n) is 3.72. The van der Waals surface area contributed by atoms with Gasteiger partial charge in [-0.15, -0.1) is 0 Å². The van der Waals surface area contributed by atoms with Crippen LogP contribution in [0, 0.1) is 0 Å². The Labute approximate surface area is 153 Å². The fourth-order valence-electron chi connectivity index (χ4n) is 2.38. The lowest BCUT2D eigenvalue weighted by molar-refractivity contribution is -0.143. The molecule has 0 atom stereocenters. The molecule has 0 aliphatic heterocycles. The van der Waals surface area contributed by atoms with Crippen molar-refractivity contribution in [2.75, 3.05) is 6.54 Å². The third-order valence-corrected chi connectivity index (χ3v) is 4.25. The number of fused-ring (bicyclic) bond motifs is 1. The van der Waals surface area contributed by atoms with Crippen LogP contribution in [0.4, 0.5) is 0 Å². The summed E-state index contributed by atoms with van der Waals surface area (Å²) in [7, 11) is 0. The number of carbonyl (C=O) groups is 2. The Morgan fingerprint density at radius 2 is 1.64 bits per heavy atom. The highest BCUT2D eigenvalue weighted by Crippen LogP contribution is 2.15. The maximum Gasteiger partial charge on any atom is 0.325 e.